The van der Waals surface area contributed by atoms with E-state index in [1.54, 1.807) is 48.2 Å². The van der Waals surface area contributed by atoms with Crippen LogP contribution in [0, 0.1) is 0 Å². The van der Waals surface area contributed by atoms with E-state index in [4.69, 9.17) is 15.4 Å². The number of benzene rings is 2. The second-order valence-electron chi connectivity index (χ2n) is 12.9. The molecule has 0 bridgehead atoms. The minimum atomic E-state index is -3.94. The summed E-state index contributed by atoms with van der Waals surface area (Å²) in [5.41, 5.74) is 1.11. The van der Waals surface area contributed by atoms with E-state index in [2.05, 4.69) is 25.7 Å². The highest BCUT2D eigenvalue weighted by molar-refractivity contribution is 8.13. The predicted octanol–water partition coefficient (Wildman–Crippen LogP) is 10.9. The number of halogens is 1. The SMILES string of the molecule is CCCCCCCCCCCCCCCCCCN1CC(C)(C)SC1c1cc(S(=O)(=O)Cl)ccc1OC(=O)c1ccccc1. The molecule has 0 amide bonds. The van der Waals surface area contributed by atoms with E-state index in [0.717, 1.165) is 19.5 Å². The van der Waals surface area contributed by atoms with Crippen LogP contribution >= 0.6 is 22.4 Å². The first-order valence-electron chi connectivity index (χ1n) is 16.9. The summed E-state index contributed by atoms with van der Waals surface area (Å²) in [6, 6.07) is 13.4. The second kappa shape index (κ2) is 19.2. The van der Waals surface area contributed by atoms with Crippen LogP contribution in [0.2, 0.25) is 0 Å². The Kier molecular flexibility index (Phi) is 16.1. The van der Waals surface area contributed by atoms with Crippen LogP contribution in [0.1, 0.15) is 145 Å². The van der Waals surface area contributed by atoms with Crippen LogP contribution in [0.15, 0.2) is 53.4 Å². The van der Waals surface area contributed by atoms with E-state index in [0.29, 0.717) is 16.9 Å². The minimum Gasteiger partial charge on any atom is -0.423 e. The average Bonchev–Trinajstić information content (AvgIpc) is 3.30. The zero-order chi connectivity index (χ0) is 31.8. The highest BCUT2D eigenvalue weighted by Gasteiger charge is 2.40. The predicted molar refractivity (Wildman–Crippen MR) is 186 cm³/mol. The summed E-state index contributed by atoms with van der Waals surface area (Å²) in [6.45, 7) is 8.46. The van der Waals surface area contributed by atoms with Crippen molar-refractivity contribution in [2.45, 2.75) is 139 Å². The fraction of sp³-hybridized carbons (Fsp3) is 0.639. The summed E-state index contributed by atoms with van der Waals surface area (Å²) in [4.78, 5) is 15.3. The van der Waals surface area contributed by atoms with Crippen LogP contribution in [0.3, 0.4) is 0 Å². The van der Waals surface area contributed by atoms with E-state index in [9.17, 15) is 13.2 Å². The Bertz CT molecular complexity index is 1240. The molecule has 1 aliphatic heterocycles. The van der Waals surface area contributed by atoms with E-state index < -0.39 is 15.0 Å². The van der Waals surface area contributed by atoms with Gasteiger partial charge in [-0.3, -0.25) is 4.90 Å². The minimum absolute atomic E-state index is 0.0151. The molecule has 0 aliphatic carbocycles. The molecule has 3 rings (SSSR count). The Balaban J connectivity index is 1.47. The molecule has 0 radical (unpaired) electrons. The molecule has 44 heavy (non-hydrogen) atoms. The van der Waals surface area contributed by atoms with Crippen molar-refractivity contribution in [1.82, 2.24) is 4.90 Å². The smallest absolute Gasteiger partial charge is 0.343 e. The van der Waals surface area contributed by atoms with Crippen molar-refractivity contribution in [3.63, 3.8) is 0 Å². The van der Waals surface area contributed by atoms with Crippen molar-refractivity contribution in [1.29, 1.82) is 0 Å². The lowest BCUT2D eigenvalue weighted by Crippen LogP contribution is -2.29. The Morgan fingerprint density at radius 1 is 0.841 bits per heavy atom. The highest BCUT2D eigenvalue weighted by Crippen LogP contribution is 2.51. The molecule has 1 atom stereocenters. The van der Waals surface area contributed by atoms with Crippen molar-refractivity contribution in [3.05, 3.63) is 59.7 Å². The molecule has 0 aromatic heterocycles. The van der Waals surface area contributed by atoms with Gasteiger partial charge in [0, 0.05) is 27.5 Å². The third-order valence-corrected chi connectivity index (χ3v) is 11.3. The first-order valence-corrected chi connectivity index (χ1v) is 20.1. The third kappa shape index (κ3) is 13.1. The van der Waals surface area contributed by atoms with Gasteiger partial charge in [-0.25, -0.2) is 13.2 Å². The normalized spacial score (nSPS) is 16.8. The lowest BCUT2D eigenvalue weighted by Gasteiger charge is -2.25. The Hall–Kier alpha value is -1.54. The molecular formula is C36H54ClNO4S2. The number of carbonyl (C=O) groups is 1. The number of rotatable bonds is 21. The maximum Gasteiger partial charge on any atom is 0.343 e. The van der Waals surface area contributed by atoms with Crippen molar-refractivity contribution < 1.29 is 17.9 Å². The number of esters is 1. The van der Waals surface area contributed by atoms with Crippen LogP contribution < -0.4 is 4.74 Å². The summed E-state index contributed by atoms with van der Waals surface area (Å²) in [5.74, 6) is -0.102. The fourth-order valence-corrected chi connectivity index (χ4v) is 8.27. The van der Waals surface area contributed by atoms with Gasteiger partial charge in [-0.2, -0.15) is 0 Å². The van der Waals surface area contributed by atoms with Gasteiger partial charge in [-0.15, -0.1) is 11.8 Å². The monoisotopic (exact) mass is 663 g/mol. The molecule has 2 aromatic rings. The van der Waals surface area contributed by atoms with Gasteiger partial charge in [0.15, 0.2) is 0 Å². The quantitative estimate of drug-likeness (QED) is 0.0573. The van der Waals surface area contributed by atoms with Crippen molar-refractivity contribution in [2.75, 3.05) is 13.1 Å². The molecule has 1 unspecified atom stereocenters. The number of nitrogens with zero attached hydrogens (tertiary/aromatic N) is 1. The summed E-state index contributed by atoms with van der Waals surface area (Å²) < 4.78 is 30.3. The summed E-state index contributed by atoms with van der Waals surface area (Å²) in [6.07, 6.45) is 21.4. The molecule has 5 nitrogen and oxygen atoms in total. The van der Waals surface area contributed by atoms with Gasteiger partial charge in [0.2, 0.25) is 0 Å². The summed E-state index contributed by atoms with van der Waals surface area (Å²) >= 11 is 1.77. The maximum absolute atomic E-state index is 12.9. The van der Waals surface area contributed by atoms with Crippen LogP contribution in [-0.2, 0) is 9.05 Å². The molecule has 1 heterocycles. The van der Waals surface area contributed by atoms with Crippen LogP contribution in [-0.4, -0.2) is 37.1 Å². The van der Waals surface area contributed by atoms with E-state index in [1.165, 1.54) is 102 Å². The Morgan fingerprint density at radius 3 is 1.89 bits per heavy atom. The molecule has 2 aromatic carbocycles. The standard InChI is InChI=1S/C36H54ClNO4S2/c1-4-5-6-7-8-9-10-11-12-13-14-15-16-17-18-22-27-38-29-36(2,3)43-34(38)32-28-31(44(37,40)41)25-26-33(32)42-35(39)30-23-20-19-21-24-30/h19-21,23-26,28,34H,4-18,22,27,29H2,1-3H3. The average molecular weight is 664 g/mol. The largest absolute Gasteiger partial charge is 0.423 e. The maximum atomic E-state index is 12.9. The van der Waals surface area contributed by atoms with E-state index in [1.807, 2.05) is 6.07 Å². The van der Waals surface area contributed by atoms with Crippen LogP contribution in [0.5, 0.6) is 5.75 Å². The van der Waals surface area contributed by atoms with Crippen molar-refractivity contribution in [2.24, 2.45) is 0 Å². The number of unbranched alkanes of at least 4 members (excludes halogenated alkanes) is 15. The highest BCUT2D eigenvalue weighted by atomic mass is 35.7. The first kappa shape index (κ1) is 36.9. The summed E-state index contributed by atoms with van der Waals surface area (Å²) in [5, 5.41) is -0.140. The van der Waals surface area contributed by atoms with E-state index >= 15 is 0 Å². The zero-order valence-corrected chi connectivity index (χ0v) is 29.6. The van der Waals surface area contributed by atoms with Gasteiger partial charge < -0.3 is 4.74 Å². The van der Waals surface area contributed by atoms with E-state index in [-0.39, 0.29) is 15.0 Å². The number of hydrogen-bond acceptors (Lipinski definition) is 6. The van der Waals surface area contributed by atoms with Crippen LogP contribution in [0.25, 0.3) is 0 Å². The molecular weight excluding hydrogens is 610 g/mol. The van der Waals surface area contributed by atoms with Gasteiger partial charge >= 0.3 is 5.97 Å². The number of hydrogen-bond donors (Lipinski definition) is 0. The Morgan fingerprint density at radius 2 is 1.36 bits per heavy atom. The van der Waals surface area contributed by atoms with Gasteiger partial charge in [0.1, 0.15) is 5.75 Å². The molecule has 0 spiro atoms. The van der Waals surface area contributed by atoms with Crippen LogP contribution in [0.4, 0.5) is 0 Å². The molecule has 0 N–H and O–H groups in total. The Labute approximate surface area is 276 Å². The molecule has 0 saturated carbocycles. The zero-order valence-electron chi connectivity index (χ0n) is 27.2. The van der Waals surface area contributed by atoms with Gasteiger partial charge in [-0.1, -0.05) is 121 Å². The van der Waals surface area contributed by atoms with Gasteiger partial charge in [0.25, 0.3) is 9.05 Å². The van der Waals surface area contributed by atoms with Crippen molar-refractivity contribution >= 4 is 37.5 Å². The lowest BCUT2D eigenvalue weighted by molar-refractivity contribution is 0.0731. The van der Waals surface area contributed by atoms with Gasteiger partial charge in [0.05, 0.1) is 15.8 Å². The number of thioether (sulfide) groups is 1. The van der Waals surface area contributed by atoms with Gasteiger partial charge in [-0.05, 0) is 57.1 Å². The molecule has 8 heteroatoms. The molecule has 1 aliphatic rings. The second-order valence-corrected chi connectivity index (χ2v) is 17.3. The third-order valence-electron chi connectivity index (χ3n) is 8.39. The lowest BCUT2D eigenvalue weighted by atomic mass is 10.0. The fourth-order valence-electron chi connectivity index (χ4n) is 6.00. The van der Waals surface area contributed by atoms with Crippen molar-refractivity contribution in [3.8, 4) is 5.75 Å². The first-order chi connectivity index (χ1) is 21.1. The molecule has 1 fully saturated rings. The topological polar surface area (TPSA) is 63.7 Å². The summed E-state index contributed by atoms with van der Waals surface area (Å²) in [7, 11) is 1.80. The molecule has 246 valence electrons. The number of carbonyl (C=O) groups excluding carboxylic acids is 1. The number of ether oxygens (including phenoxy) is 1. The molecule has 1 saturated heterocycles.